The molecule has 2 aromatic heterocycles. The van der Waals surface area contributed by atoms with Crippen LogP contribution in [0.3, 0.4) is 0 Å². The standard InChI is InChI=1S/C9H11N3S2/c1-6-3-7(5-13-6)9(10-2)8-4-11-14-12-8/h3-5,9-10H,1-2H3. The molecule has 0 aliphatic rings. The summed E-state index contributed by atoms with van der Waals surface area (Å²) in [6.07, 6.45) is 1.82. The Morgan fingerprint density at radius 2 is 2.36 bits per heavy atom. The minimum Gasteiger partial charge on any atom is -0.308 e. The van der Waals surface area contributed by atoms with Gasteiger partial charge in [-0.3, -0.25) is 0 Å². The van der Waals surface area contributed by atoms with Gasteiger partial charge in [-0.15, -0.1) is 11.3 Å². The van der Waals surface area contributed by atoms with E-state index in [1.807, 2.05) is 13.2 Å². The minimum atomic E-state index is 0.179. The van der Waals surface area contributed by atoms with Gasteiger partial charge in [-0.25, -0.2) is 0 Å². The molecule has 0 spiro atoms. The first-order valence-electron chi connectivity index (χ1n) is 4.31. The van der Waals surface area contributed by atoms with Gasteiger partial charge in [0.15, 0.2) is 0 Å². The molecule has 2 rings (SSSR count). The molecule has 1 N–H and O–H groups in total. The molecule has 1 atom stereocenters. The molecule has 3 nitrogen and oxygen atoms in total. The van der Waals surface area contributed by atoms with Gasteiger partial charge >= 0.3 is 0 Å². The first-order chi connectivity index (χ1) is 6.81. The van der Waals surface area contributed by atoms with Gasteiger partial charge in [0.2, 0.25) is 0 Å². The fourth-order valence-electron chi connectivity index (χ4n) is 1.40. The molecule has 0 radical (unpaired) electrons. The van der Waals surface area contributed by atoms with Crippen LogP contribution in [-0.2, 0) is 0 Å². The summed E-state index contributed by atoms with van der Waals surface area (Å²) in [5, 5.41) is 5.41. The Morgan fingerprint density at radius 1 is 1.50 bits per heavy atom. The molecule has 0 saturated carbocycles. The number of rotatable bonds is 3. The number of thiophene rings is 1. The van der Waals surface area contributed by atoms with Gasteiger partial charge in [-0.1, -0.05) is 0 Å². The second-order valence-electron chi connectivity index (χ2n) is 3.04. The Balaban J connectivity index is 2.31. The van der Waals surface area contributed by atoms with Crippen molar-refractivity contribution in [2.24, 2.45) is 0 Å². The Kier molecular flexibility index (Phi) is 2.90. The average Bonchev–Trinajstić information content (AvgIpc) is 2.79. The predicted molar refractivity (Wildman–Crippen MR) is 59.9 cm³/mol. The highest BCUT2D eigenvalue weighted by molar-refractivity contribution is 7.10. The fourth-order valence-corrected chi connectivity index (χ4v) is 2.58. The van der Waals surface area contributed by atoms with Crippen molar-refractivity contribution in [1.29, 1.82) is 0 Å². The molecule has 5 heteroatoms. The van der Waals surface area contributed by atoms with Gasteiger partial charge in [0.1, 0.15) is 0 Å². The van der Waals surface area contributed by atoms with E-state index in [-0.39, 0.29) is 6.04 Å². The Morgan fingerprint density at radius 3 is 2.86 bits per heavy atom. The molecule has 74 valence electrons. The zero-order chi connectivity index (χ0) is 9.97. The number of hydrogen-bond donors (Lipinski definition) is 1. The van der Waals surface area contributed by atoms with E-state index in [2.05, 4.69) is 32.4 Å². The average molecular weight is 225 g/mol. The third-order valence-electron chi connectivity index (χ3n) is 2.05. The van der Waals surface area contributed by atoms with Crippen LogP contribution in [0.2, 0.25) is 0 Å². The van der Waals surface area contributed by atoms with E-state index < -0.39 is 0 Å². The van der Waals surface area contributed by atoms with Crippen LogP contribution in [0, 0.1) is 6.92 Å². The van der Waals surface area contributed by atoms with Crippen molar-refractivity contribution in [3.05, 3.63) is 33.8 Å². The van der Waals surface area contributed by atoms with E-state index >= 15 is 0 Å². The normalized spacial score (nSPS) is 13.0. The van der Waals surface area contributed by atoms with Crippen LogP contribution >= 0.6 is 23.1 Å². The van der Waals surface area contributed by atoms with Gasteiger partial charge in [0.05, 0.1) is 29.7 Å². The molecule has 0 aliphatic heterocycles. The molecule has 0 aromatic carbocycles. The number of aromatic nitrogens is 2. The Hall–Kier alpha value is -0.780. The molecule has 0 fully saturated rings. The van der Waals surface area contributed by atoms with E-state index in [0.717, 1.165) is 5.69 Å². The first kappa shape index (κ1) is 9.76. The molecule has 0 aliphatic carbocycles. The summed E-state index contributed by atoms with van der Waals surface area (Å²) in [6, 6.07) is 2.37. The summed E-state index contributed by atoms with van der Waals surface area (Å²) in [7, 11) is 1.94. The van der Waals surface area contributed by atoms with Crippen molar-refractivity contribution in [2.45, 2.75) is 13.0 Å². The molecular weight excluding hydrogens is 214 g/mol. The van der Waals surface area contributed by atoms with Crippen molar-refractivity contribution in [3.63, 3.8) is 0 Å². The zero-order valence-electron chi connectivity index (χ0n) is 8.02. The van der Waals surface area contributed by atoms with Crippen LogP contribution in [0.25, 0.3) is 0 Å². The van der Waals surface area contributed by atoms with Crippen LogP contribution in [-0.4, -0.2) is 15.8 Å². The van der Waals surface area contributed by atoms with Gasteiger partial charge < -0.3 is 5.32 Å². The largest absolute Gasteiger partial charge is 0.308 e. The topological polar surface area (TPSA) is 37.8 Å². The van der Waals surface area contributed by atoms with Crippen LogP contribution in [0.5, 0.6) is 0 Å². The zero-order valence-corrected chi connectivity index (χ0v) is 9.65. The summed E-state index contributed by atoms with van der Waals surface area (Å²) in [5.41, 5.74) is 2.26. The summed E-state index contributed by atoms with van der Waals surface area (Å²) < 4.78 is 8.26. The van der Waals surface area contributed by atoms with E-state index in [1.54, 1.807) is 11.3 Å². The second kappa shape index (κ2) is 4.16. The summed E-state index contributed by atoms with van der Waals surface area (Å²) in [6.45, 7) is 2.11. The fraction of sp³-hybridized carbons (Fsp3) is 0.333. The van der Waals surface area contributed by atoms with Gasteiger partial charge in [-0.05, 0) is 31.0 Å². The molecule has 2 aromatic rings. The lowest BCUT2D eigenvalue weighted by Gasteiger charge is -2.10. The lowest BCUT2D eigenvalue weighted by atomic mass is 10.1. The number of aryl methyl sites for hydroxylation is 1. The smallest absolute Gasteiger partial charge is 0.0957 e. The highest BCUT2D eigenvalue weighted by Gasteiger charge is 2.15. The lowest BCUT2D eigenvalue weighted by Crippen LogP contribution is -2.17. The highest BCUT2D eigenvalue weighted by Crippen LogP contribution is 2.24. The van der Waals surface area contributed by atoms with Crippen LogP contribution < -0.4 is 5.32 Å². The molecule has 2 heterocycles. The maximum atomic E-state index is 4.25. The number of nitrogens with one attached hydrogen (secondary N) is 1. The van der Waals surface area contributed by atoms with Gasteiger partial charge in [0, 0.05) is 4.88 Å². The van der Waals surface area contributed by atoms with E-state index in [0.29, 0.717) is 0 Å². The third-order valence-corrected chi connectivity index (χ3v) is 3.42. The van der Waals surface area contributed by atoms with Crippen LogP contribution in [0.4, 0.5) is 0 Å². The van der Waals surface area contributed by atoms with Crippen molar-refractivity contribution < 1.29 is 0 Å². The van der Waals surface area contributed by atoms with Gasteiger partial charge in [0.25, 0.3) is 0 Å². The maximum absolute atomic E-state index is 4.25. The van der Waals surface area contributed by atoms with E-state index in [1.165, 1.54) is 22.2 Å². The van der Waals surface area contributed by atoms with E-state index in [9.17, 15) is 0 Å². The first-order valence-corrected chi connectivity index (χ1v) is 5.92. The molecule has 14 heavy (non-hydrogen) atoms. The summed E-state index contributed by atoms with van der Waals surface area (Å²) in [4.78, 5) is 1.32. The van der Waals surface area contributed by atoms with E-state index in [4.69, 9.17) is 0 Å². The summed E-state index contributed by atoms with van der Waals surface area (Å²) >= 11 is 3.01. The SMILES string of the molecule is CNC(c1csc(C)c1)c1cnsn1. The molecule has 0 saturated heterocycles. The van der Waals surface area contributed by atoms with Gasteiger partial charge in [-0.2, -0.15) is 8.75 Å². The van der Waals surface area contributed by atoms with Crippen molar-refractivity contribution in [1.82, 2.24) is 14.1 Å². The molecular formula is C9H11N3S2. The molecule has 1 unspecified atom stereocenters. The minimum absolute atomic E-state index is 0.179. The maximum Gasteiger partial charge on any atom is 0.0957 e. The number of nitrogens with zero attached hydrogens (tertiary/aromatic N) is 2. The summed E-state index contributed by atoms with van der Waals surface area (Å²) in [5.74, 6) is 0. The Labute approximate surface area is 91.1 Å². The predicted octanol–water partition coefficient (Wildman–Crippen LogP) is 2.22. The van der Waals surface area contributed by atoms with Crippen molar-refractivity contribution >= 4 is 23.1 Å². The Bertz CT molecular complexity index is 394. The van der Waals surface area contributed by atoms with Crippen LogP contribution in [0.15, 0.2) is 17.6 Å². The van der Waals surface area contributed by atoms with Crippen LogP contribution in [0.1, 0.15) is 22.2 Å². The highest BCUT2D eigenvalue weighted by atomic mass is 32.1. The molecule has 0 amide bonds. The lowest BCUT2D eigenvalue weighted by molar-refractivity contribution is 0.679. The second-order valence-corrected chi connectivity index (χ2v) is 4.72. The monoisotopic (exact) mass is 225 g/mol. The third kappa shape index (κ3) is 1.84. The van der Waals surface area contributed by atoms with Crippen molar-refractivity contribution in [3.8, 4) is 0 Å². The molecule has 0 bridgehead atoms. The number of hydrogen-bond acceptors (Lipinski definition) is 5. The quantitative estimate of drug-likeness (QED) is 0.870. The van der Waals surface area contributed by atoms with Crippen molar-refractivity contribution in [2.75, 3.05) is 7.05 Å².